The van der Waals surface area contributed by atoms with Crippen LogP contribution in [-0.2, 0) is 6.54 Å². The lowest BCUT2D eigenvalue weighted by Gasteiger charge is -2.02. The average Bonchev–Trinajstić information content (AvgIpc) is 2.83. The van der Waals surface area contributed by atoms with E-state index in [4.69, 9.17) is 0 Å². The Morgan fingerprint density at radius 3 is 2.75 bits per heavy atom. The molecule has 1 heterocycles. The molecule has 0 bridgehead atoms. The van der Waals surface area contributed by atoms with Crippen LogP contribution in [0.1, 0.15) is 41.8 Å². The molecule has 0 aromatic carbocycles. The van der Waals surface area contributed by atoms with Gasteiger partial charge in [-0.1, -0.05) is 13.3 Å². The van der Waals surface area contributed by atoms with Crippen LogP contribution in [0.3, 0.4) is 0 Å². The Labute approximate surface area is 108 Å². The first kappa shape index (κ1) is 13.9. The van der Waals surface area contributed by atoms with Crippen molar-refractivity contribution in [3.8, 4) is 0 Å². The number of nitrogens with one attached hydrogen (secondary N) is 1. The summed E-state index contributed by atoms with van der Waals surface area (Å²) in [5.41, 5.74) is 1.21. The van der Waals surface area contributed by atoms with Crippen molar-refractivity contribution in [3.05, 3.63) is 15.6 Å². The second-order valence-corrected chi connectivity index (χ2v) is 5.80. The molecule has 2 rings (SSSR count). The van der Waals surface area contributed by atoms with Crippen LogP contribution in [0.5, 0.6) is 0 Å². The van der Waals surface area contributed by atoms with Gasteiger partial charge in [-0.05, 0) is 32.6 Å². The number of aryl methyl sites for hydroxylation is 2. The van der Waals surface area contributed by atoms with Crippen LogP contribution in [0.15, 0.2) is 0 Å². The van der Waals surface area contributed by atoms with E-state index in [1.54, 1.807) is 0 Å². The van der Waals surface area contributed by atoms with Crippen LogP contribution in [-0.4, -0.2) is 11.0 Å². The highest BCUT2D eigenvalue weighted by Gasteiger charge is 2.35. The van der Waals surface area contributed by atoms with E-state index in [0.29, 0.717) is 0 Å². The standard InChI is InChI=1S/C12H20N2S.ClH/c1-4-5-10-6-11(10)13-7-12-8(2)14-9(3)15-12;/h10-11,13H,4-7H2,1-3H3;1H. The van der Waals surface area contributed by atoms with Gasteiger partial charge < -0.3 is 5.32 Å². The Hall–Kier alpha value is -0.120. The molecule has 2 atom stereocenters. The van der Waals surface area contributed by atoms with Crippen molar-refractivity contribution >= 4 is 23.7 Å². The molecule has 1 aliphatic rings. The first-order valence-electron chi connectivity index (χ1n) is 5.87. The number of thiazole rings is 1. The Bertz CT molecular complexity index is 338. The molecule has 1 aliphatic carbocycles. The second-order valence-electron chi connectivity index (χ2n) is 4.51. The molecule has 2 unspecified atom stereocenters. The van der Waals surface area contributed by atoms with Gasteiger partial charge in [-0.3, -0.25) is 0 Å². The normalized spacial score (nSPS) is 22.9. The summed E-state index contributed by atoms with van der Waals surface area (Å²) in [7, 11) is 0. The van der Waals surface area contributed by atoms with Gasteiger partial charge in [-0.2, -0.15) is 0 Å². The topological polar surface area (TPSA) is 24.9 Å². The summed E-state index contributed by atoms with van der Waals surface area (Å²) in [4.78, 5) is 5.86. The van der Waals surface area contributed by atoms with Crippen LogP contribution < -0.4 is 5.32 Å². The summed E-state index contributed by atoms with van der Waals surface area (Å²) in [6, 6.07) is 0.784. The predicted octanol–water partition coefficient (Wildman–Crippen LogP) is 3.46. The van der Waals surface area contributed by atoms with E-state index in [-0.39, 0.29) is 12.4 Å². The van der Waals surface area contributed by atoms with Gasteiger partial charge in [0.1, 0.15) is 0 Å². The summed E-state index contributed by atoms with van der Waals surface area (Å²) in [6.45, 7) is 7.48. The smallest absolute Gasteiger partial charge is 0.0900 e. The van der Waals surface area contributed by atoms with Gasteiger partial charge in [0.25, 0.3) is 0 Å². The quantitative estimate of drug-likeness (QED) is 0.877. The molecular formula is C12H21ClN2S. The molecule has 0 radical (unpaired) electrons. The van der Waals surface area contributed by atoms with Gasteiger partial charge in [0.05, 0.1) is 10.7 Å². The molecule has 1 saturated carbocycles. The Kier molecular flexibility index (Phi) is 5.22. The van der Waals surface area contributed by atoms with Crippen molar-refractivity contribution in [3.63, 3.8) is 0 Å². The van der Waals surface area contributed by atoms with Crippen LogP contribution in [0.25, 0.3) is 0 Å². The molecular weight excluding hydrogens is 240 g/mol. The zero-order chi connectivity index (χ0) is 10.8. The second kappa shape index (κ2) is 5.99. The number of hydrogen-bond acceptors (Lipinski definition) is 3. The van der Waals surface area contributed by atoms with Crippen molar-refractivity contribution in [1.82, 2.24) is 10.3 Å². The Balaban J connectivity index is 0.00000128. The average molecular weight is 261 g/mol. The lowest BCUT2D eigenvalue weighted by Crippen LogP contribution is -2.17. The lowest BCUT2D eigenvalue weighted by atomic mass is 10.2. The van der Waals surface area contributed by atoms with E-state index in [9.17, 15) is 0 Å². The van der Waals surface area contributed by atoms with Gasteiger partial charge >= 0.3 is 0 Å². The van der Waals surface area contributed by atoms with E-state index in [1.807, 2.05) is 11.3 Å². The van der Waals surface area contributed by atoms with Gasteiger partial charge in [0.2, 0.25) is 0 Å². The fourth-order valence-electron chi connectivity index (χ4n) is 2.15. The summed E-state index contributed by atoms with van der Waals surface area (Å²) in [5, 5.41) is 4.82. The van der Waals surface area contributed by atoms with Crippen LogP contribution >= 0.6 is 23.7 Å². The zero-order valence-corrected chi connectivity index (χ0v) is 11.9. The lowest BCUT2D eigenvalue weighted by molar-refractivity contribution is 0.601. The minimum atomic E-state index is 0. The van der Waals surface area contributed by atoms with E-state index in [1.165, 1.54) is 34.8 Å². The van der Waals surface area contributed by atoms with Crippen molar-refractivity contribution < 1.29 is 0 Å². The maximum absolute atomic E-state index is 4.44. The molecule has 0 saturated heterocycles. The van der Waals surface area contributed by atoms with Gasteiger partial charge in [0.15, 0.2) is 0 Å². The number of rotatable bonds is 5. The number of halogens is 1. The predicted molar refractivity (Wildman–Crippen MR) is 72.5 cm³/mol. The number of nitrogens with zero attached hydrogens (tertiary/aromatic N) is 1. The Morgan fingerprint density at radius 2 is 2.19 bits per heavy atom. The summed E-state index contributed by atoms with van der Waals surface area (Å²) >= 11 is 1.83. The summed E-state index contributed by atoms with van der Waals surface area (Å²) in [6.07, 6.45) is 4.09. The van der Waals surface area contributed by atoms with Gasteiger partial charge in [0, 0.05) is 17.5 Å². The molecule has 2 nitrogen and oxygen atoms in total. The van der Waals surface area contributed by atoms with Gasteiger partial charge in [-0.25, -0.2) is 4.98 Å². The van der Waals surface area contributed by atoms with Crippen molar-refractivity contribution in [2.45, 2.75) is 52.6 Å². The molecule has 0 aliphatic heterocycles. The SMILES string of the molecule is CCCC1CC1NCc1sc(C)nc1C.Cl. The fraction of sp³-hybridized carbons (Fsp3) is 0.750. The fourth-order valence-corrected chi connectivity index (χ4v) is 3.04. The molecule has 1 aromatic rings. The molecule has 92 valence electrons. The first-order valence-corrected chi connectivity index (χ1v) is 6.68. The van der Waals surface area contributed by atoms with E-state index >= 15 is 0 Å². The maximum atomic E-state index is 4.44. The monoisotopic (exact) mass is 260 g/mol. The third-order valence-corrected chi connectivity index (χ3v) is 4.18. The largest absolute Gasteiger partial charge is 0.309 e. The Morgan fingerprint density at radius 1 is 1.44 bits per heavy atom. The third-order valence-electron chi connectivity index (χ3n) is 3.11. The van der Waals surface area contributed by atoms with Crippen LogP contribution in [0.4, 0.5) is 0 Å². The molecule has 4 heteroatoms. The van der Waals surface area contributed by atoms with Crippen molar-refractivity contribution in [1.29, 1.82) is 0 Å². The number of aromatic nitrogens is 1. The minimum Gasteiger partial charge on any atom is -0.309 e. The van der Waals surface area contributed by atoms with Crippen LogP contribution in [0, 0.1) is 19.8 Å². The maximum Gasteiger partial charge on any atom is 0.0900 e. The molecule has 1 N–H and O–H groups in total. The zero-order valence-electron chi connectivity index (χ0n) is 10.2. The third kappa shape index (κ3) is 3.44. The molecule has 0 amide bonds. The van der Waals surface area contributed by atoms with Crippen molar-refractivity contribution in [2.24, 2.45) is 5.92 Å². The molecule has 0 spiro atoms. The highest BCUT2D eigenvalue weighted by atomic mass is 35.5. The number of hydrogen-bond donors (Lipinski definition) is 1. The van der Waals surface area contributed by atoms with E-state index in [0.717, 1.165) is 18.5 Å². The molecule has 1 aromatic heterocycles. The van der Waals surface area contributed by atoms with E-state index in [2.05, 4.69) is 31.1 Å². The molecule has 1 fully saturated rings. The highest BCUT2D eigenvalue weighted by molar-refractivity contribution is 7.11. The molecule has 16 heavy (non-hydrogen) atoms. The van der Waals surface area contributed by atoms with Crippen molar-refractivity contribution in [2.75, 3.05) is 0 Å². The summed E-state index contributed by atoms with van der Waals surface area (Å²) < 4.78 is 0. The highest BCUT2D eigenvalue weighted by Crippen LogP contribution is 2.35. The minimum absolute atomic E-state index is 0. The van der Waals surface area contributed by atoms with Gasteiger partial charge in [-0.15, -0.1) is 23.7 Å². The van der Waals surface area contributed by atoms with E-state index < -0.39 is 0 Å². The van der Waals surface area contributed by atoms with Crippen LogP contribution in [0.2, 0.25) is 0 Å². The first-order chi connectivity index (χ1) is 7.20. The summed E-state index contributed by atoms with van der Waals surface area (Å²) in [5.74, 6) is 0.948.